The first-order chi connectivity index (χ1) is 6.25. The molecule has 68 valence electrons. The Labute approximate surface area is 78.5 Å². The van der Waals surface area contributed by atoms with Gasteiger partial charge < -0.3 is 4.84 Å². The maximum absolute atomic E-state index is 4.75. The van der Waals surface area contributed by atoms with Crippen molar-refractivity contribution in [1.29, 1.82) is 0 Å². The van der Waals surface area contributed by atoms with Gasteiger partial charge in [0.2, 0.25) is 0 Å². The molecule has 0 saturated heterocycles. The van der Waals surface area contributed by atoms with E-state index in [4.69, 9.17) is 4.84 Å². The molecule has 0 radical (unpaired) electrons. The Bertz CT molecular complexity index is 314. The summed E-state index contributed by atoms with van der Waals surface area (Å²) in [6.07, 6.45) is 0. The standard InChI is InChI=1S/C11H13NO/c1-9(2)11(12-13-3)10-7-5-4-6-8-10/h4-8H,1H2,2-3H3/b12-11+. The minimum Gasteiger partial charge on any atom is -0.399 e. The summed E-state index contributed by atoms with van der Waals surface area (Å²) in [7, 11) is 1.53. The highest BCUT2D eigenvalue weighted by molar-refractivity contribution is 6.11. The first-order valence-electron chi connectivity index (χ1n) is 4.08. The lowest BCUT2D eigenvalue weighted by molar-refractivity contribution is 0.214. The third kappa shape index (κ3) is 2.44. The minimum absolute atomic E-state index is 0.795. The predicted molar refractivity (Wildman–Crippen MR) is 54.8 cm³/mol. The molecule has 0 N–H and O–H groups in total. The van der Waals surface area contributed by atoms with Gasteiger partial charge in [-0.15, -0.1) is 0 Å². The average Bonchev–Trinajstić information content (AvgIpc) is 2.15. The molecule has 0 saturated carbocycles. The van der Waals surface area contributed by atoms with E-state index in [0.29, 0.717) is 0 Å². The lowest BCUT2D eigenvalue weighted by Crippen LogP contribution is -2.01. The summed E-state index contributed by atoms with van der Waals surface area (Å²) in [5.41, 5.74) is 2.72. The van der Waals surface area contributed by atoms with Crippen LogP contribution in [-0.4, -0.2) is 12.8 Å². The van der Waals surface area contributed by atoms with Crippen molar-refractivity contribution in [2.45, 2.75) is 6.92 Å². The van der Waals surface area contributed by atoms with Crippen molar-refractivity contribution in [3.8, 4) is 0 Å². The van der Waals surface area contributed by atoms with Gasteiger partial charge in [-0.3, -0.25) is 0 Å². The molecule has 13 heavy (non-hydrogen) atoms. The molecule has 0 amide bonds. The van der Waals surface area contributed by atoms with Crippen LogP contribution in [0.1, 0.15) is 12.5 Å². The lowest BCUT2D eigenvalue weighted by Gasteiger charge is -2.03. The van der Waals surface area contributed by atoms with Gasteiger partial charge in [-0.2, -0.15) is 0 Å². The number of rotatable bonds is 3. The summed E-state index contributed by atoms with van der Waals surface area (Å²) in [6, 6.07) is 9.85. The van der Waals surface area contributed by atoms with E-state index in [0.717, 1.165) is 16.8 Å². The van der Waals surface area contributed by atoms with Gasteiger partial charge in [0.05, 0.1) is 0 Å². The molecule has 0 spiro atoms. The number of allylic oxidation sites excluding steroid dienone is 1. The zero-order chi connectivity index (χ0) is 9.68. The molecule has 0 heterocycles. The Morgan fingerprint density at radius 3 is 2.38 bits per heavy atom. The highest BCUT2D eigenvalue weighted by Gasteiger charge is 2.03. The van der Waals surface area contributed by atoms with E-state index in [2.05, 4.69) is 11.7 Å². The molecule has 0 aromatic heterocycles. The Morgan fingerprint density at radius 2 is 1.92 bits per heavy atom. The highest BCUT2D eigenvalue weighted by atomic mass is 16.6. The number of hydrogen-bond acceptors (Lipinski definition) is 2. The van der Waals surface area contributed by atoms with Gasteiger partial charge in [0, 0.05) is 5.56 Å². The maximum Gasteiger partial charge on any atom is 0.112 e. The fraction of sp³-hybridized carbons (Fsp3) is 0.182. The third-order valence-corrected chi connectivity index (χ3v) is 1.63. The SMILES string of the molecule is C=C(C)/C(=N\OC)c1ccccc1. The summed E-state index contributed by atoms with van der Waals surface area (Å²) in [5, 5.41) is 3.91. The van der Waals surface area contributed by atoms with Crippen LogP contribution in [0.5, 0.6) is 0 Å². The van der Waals surface area contributed by atoms with Crippen LogP contribution >= 0.6 is 0 Å². The van der Waals surface area contributed by atoms with E-state index in [1.165, 1.54) is 7.11 Å². The Kier molecular flexibility index (Phi) is 3.26. The van der Waals surface area contributed by atoms with Crippen molar-refractivity contribution < 1.29 is 4.84 Å². The zero-order valence-electron chi connectivity index (χ0n) is 7.95. The van der Waals surface area contributed by atoms with Crippen molar-refractivity contribution in [3.05, 3.63) is 48.0 Å². The molecular weight excluding hydrogens is 162 g/mol. The summed E-state index contributed by atoms with van der Waals surface area (Å²) in [6.45, 7) is 5.75. The van der Waals surface area contributed by atoms with Gasteiger partial charge in [-0.25, -0.2) is 0 Å². The van der Waals surface area contributed by atoms with Gasteiger partial charge in [-0.05, 0) is 12.5 Å². The smallest absolute Gasteiger partial charge is 0.112 e. The highest BCUT2D eigenvalue weighted by Crippen LogP contribution is 2.07. The van der Waals surface area contributed by atoms with Crippen LogP contribution < -0.4 is 0 Å². The van der Waals surface area contributed by atoms with Gasteiger partial charge in [0.1, 0.15) is 12.8 Å². The number of nitrogens with zero attached hydrogens (tertiary/aromatic N) is 1. The minimum atomic E-state index is 0.795. The monoisotopic (exact) mass is 175 g/mol. The van der Waals surface area contributed by atoms with E-state index in [-0.39, 0.29) is 0 Å². The second-order valence-corrected chi connectivity index (χ2v) is 2.77. The molecule has 1 rings (SSSR count). The van der Waals surface area contributed by atoms with E-state index >= 15 is 0 Å². The fourth-order valence-electron chi connectivity index (χ4n) is 1.06. The van der Waals surface area contributed by atoms with E-state index in [1.54, 1.807) is 0 Å². The summed E-state index contributed by atoms with van der Waals surface area (Å²) in [5.74, 6) is 0. The molecular formula is C11H13NO. The third-order valence-electron chi connectivity index (χ3n) is 1.63. The van der Waals surface area contributed by atoms with Crippen molar-refractivity contribution in [1.82, 2.24) is 0 Å². The number of hydrogen-bond donors (Lipinski definition) is 0. The first kappa shape index (κ1) is 9.52. The van der Waals surface area contributed by atoms with Crippen LogP contribution in [0, 0.1) is 0 Å². The quantitative estimate of drug-likeness (QED) is 0.511. The van der Waals surface area contributed by atoms with Crippen LogP contribution in [0.25, 0.3) is 0 Å². The van der Waals surface area contributed by atoms with Crippen molar-refractivity contribution in [2.75, 3.05) is 7.11 Å². The number of oxime groups is 1. The summed E-state index contributed by atoms with van der Waals surface area (Å²) < 4.78 is 0. The van der Waals surface area contributed by atoms with Gasteiger partial charge in [-0.1, -0.05) is 42.1 Å². The molecule has 0 unspecified atom stereocenters. The summed E-state index contributed by atoms with van der Waals surface area (Å²) in [4.78, 5) is 4.75. The maximum atomic E-state index is 4.75. The number of benzene rings is 1. The molecule has 1 aromatic rings. The molecule has 2 heteroatoms. The van der Waals surface area contributed by atoms with Crippen LogP contribution in [-0.2, 0) is 4.84 Å². The molecule has 0 aliphatic heterocycles. The Hall–Kier alpha value is -1.57. The Morgan fingerprint density at radius 1 is 1.31 bits per heavy atom. The molecule has 1 aromatic carbocycles. The molecule has 0 bridgehead atoms. The zero-order valence-corrected chi connectivity index (χ0v) is 7.95. The molecule has 0 aliphatic rings. The second-order valence-electron chi connectivity index (χ2n) is 2.77. The molecule has 0 atom stereocenters. The van der Waals surface area contributed by atoms with Gasteiger partial charge in [0.15, 0.2) is 0 Å². The average molecular weight is 175 g/mol. The molecule has 0 aliphatic carbocycles. The normalized spacial score (nSPS) is 11.1. The lowest BCUT2D eigenvalue weighted by atomic mass is 10.1. The van der Waals surface area contributed by atoms with Crippen LogP contribution in [0.3, 0.4) is 0 Å². The molecule has 0 fully saturated rings. The van der Waals surface area contributed by atoms with Crippen molar-refractivity contribution >= 4 is 5.71 Å². The van der Waals surface area contributed by atoms with Crippen LogP contribution in [0.15, 0.2) is 47.6 Å². The van der Waals surface area contributed by atoms with Crippen molar-refractivity contribution in [3.63, 3.8) is 0 Å². The first-order valence-corrected chi connectivity index (χ1v) is 4.08. The van der Waals surface area contributed by atoms with E-state index < -0.39 is 0 Å². The van der Waals surface area contributed by atoms with E-state index in [9.17, 15) is 0 Å². The summed E-state index contributed by atoms with van der Waals surface area (Å²) >= 11 is 0. The molecule has 2 nitrogen and oxygen atoms in total. The van der Waals surface area contributed by atoms with Crippen molar-refractivity contribution in [2.24, 2.45) is 5.16 Å². The Balaban J connectivity index is 3.03. The topological polar surface area (TPSA) is 21.6 Å². The fourth-order valence-corrected chi connectivity index (χ4v) is 1.06. The van der Waals surface area contributed by atoms with E-state index in [1.807, 2.05) is 37.3 Å². The van der Waals surface area contributed by atoms with Crippen LogP contribution in [0.2, 0.25) is 0 Å². The largest absolute Gasteiger partial charge is 0.399 e. The van der Waals surface area contributed by atoms with Gasteiger partial charge >= 0.3 is 0 Å². The van der Waals surface area contributed by atoms with Crippen LogP contribution in [0.4, 0.5) is 0 Å². The second kappa shape index (κ2) is 4.45. The van der Waals surface area contributed by atoms with Gasteiger partial charge in [0.25, 0.3) is 0 Å². The predicted octanol–water partition coefficient (Wildman–Crippen LogP) is 2.61.